The number of aliphatic hydroxyl groups is 1. The van der Waals surface area contributed by atoms with Crippen molar-refractivity contribution in [3.63, 3.8) is 0 Å². The lowest BCUT2D eigenvalue weighted by Gasteiger charge is -2.17. The van der Waals surface area contributed by atoms with E-state index in [1.54, 1.807) is 6.20 Å². The number of aliphatic hydroxyl groups excluding tert-OH is 1. The van der Waals surface area contributed by atoms with Crippen LogP contribution in [0.2, 0.25) is 0 Å². The van der Waals surface area contributed by atoms with Gasteiger partial charge in [-0.1, -0.05) is 0 Å². The molecule has 1 fully saturated rings. The first-order valence-electron chi connectivity index (χ1n) is 6.62. The van der Waals surface area contributed by atoms with E-state index in [2.05, 4.69) is 20.5 Å². The van der Waals surface area contributed by atoms with E-state index in [-0.39, 0.29) is 19.2 Å². The molecule has 2 rings (SSSR count). The Morgan fingerprint density at radius 2 is 2.16 bits per heavy atom. The highest BCUT2D eigenvalue weighted by Gasteiger charge is 2.13. The Hall–Kier alpha value is -1.82. The zero-order valence-electron chi connectivity index (χ0n) is 10.9. The summed E-state index contributed by atoms with van der Waals surface area (Å²) >= 11 is 0. The molecule has 1 aromatic heterocycles. The summed E-state index contributed by atoms with van der Waals surface area (Å²) in [7, 11) is 0. The first kappa shape index (κ1) is 13.6. The zero-order valence-corrected chi connectivity index (χ0v) is 10.9. The lowest BCUT2D eigenvalue weighted by molar-refractivity contribution is 0.234. The van der Waals surface area contributed by atoms with E-state index in [1.807, 2.05) is 12.1 Å². The van der Waals surface area contributed by atoms with E-state index in [1.165, 1.54) is 12.8 Å². The van der Waals surface area contributed by atoms with Gasteiger partial charge >= 0.3 is 6.03 Å². The van der Waals surface area contributed by atoms with Crippen LogP contribution in [0.15, 0.2) is 18.3 Å². The summed E-state index contributed by atoms with van der Waals surface area (Å²) in [4.78, 5) is 18.0. The second-order valence-electron chi connectivity index (χ2n) is 4.55. The standard InChI is InChI=1S/C13H20N4O2/c18-8-5-15-13(19)16-10-11-3-4-14-12(9-11)17-6-1-2-7-17/h3-4,9,18H,1-2,5-8,10H2,(H2,15,16,19). The van der Waals surface area contributed by atoms with Gasteiger partial charge in [-0.05, 0) is 30.5 Å². The van der Waals surface area contributed by atoms with Crippen LogP contribution in [0, 0.1) is 0 Å². The first-order valence-corrected chi connectivity index (χ1v) is 6.62. The molecule has 6 heteroatoms. The third kappa shape index (κ3) is 4.10. The van der Waals surface area contributed by atoms with Crippen LogP contribution in [0.5, 0.6) is 0 Å². The molecule has 1 aliphatic heterocycles. The normalized spacial score (nSPS) is 14.5. The highest BCUT2D eigenvalue weighted by Crippen LogP contribution is 2.18. The molecule has 2 heterocycles. The number of carbonyl (C=O) groups is 1. The van der Waals surface area contributed by atoms with Crippen LogP contribution in [-0.2, 0) is 6.54 Å². The third-order valence-corrected chi connectivity index (χ3v) is 3.09. The number of nitrogens with zero attached hydrogens (tertiary/aromatic N) is 2. The van der Waals surface area contributed by atoms with Gasteiger partial charge in [0, 0.05) is 32.4 Å². The monoisotopic (exact) mass is 264 g/mol. The summed E-state index contributed by atoms with van der Waals surface area (Å²) in [6.07, 6.45) is 4.21. The molecule has 3 N–H and O–H groups in total. The molecular formula is C13H20N4O2. The number of hydrogen-bond donors (Lipinski definition) is 3. The number of anilines is 1. The fourth-order valence-electron chi connectivity index (χ4n) is 2.10. The minimum Gasteiger partial charge on any atom is -0.395 e. The molecule has 1 saturated heterocycles. The van der Waals surface area contributed by atoms with Crippen LogP contribution in [0.1, 0.15) is 18.4 Å². The van der Waals surface area contributed by atoms with E-state index in [0.29, 0.717) is 6.54 Å². The predicted molar refractivity (Wildman–Crippen MR) is 73.0 cm³/mol. The minimum atomic E-state index is -0.270. The average molecular weight is 264 g/mol. The lowest BCUT2D eigenvalue weighted by Crippen LogP contribution is -2.36. The largest absolute Gasteiger partial charge is 0.395 e. The summed E-state index contributed by atoms with van der Waals surface area (Å²) in [6.45, 7) is 2.78. The summed E-state index contributed by atoms with van der Waals surface area (Å²) in [5, 5.41) is 13.9. The van der Waals surface area contributed by atoms with Crippen molar-refractivity contribution in [2.24, 2.45) is 0 Å². The Kier molecular flexibility index (Phi) is 4.97. The quantitative estimate of drug-likeness (QED) is 0.722. The molecule has 2 amide bonds. The molecule has 0 aromatic carbocycles. The maximum atomic E-state index is 11.4. The number of pyridine rings is 1. The van der Waals surface area contributed by atoms with Gasteiger partial charge in [-0.2, -0.15) is 0 Å². The van der Waals surface area contributed by atoms with Gasteiger partial charge in [0.15, 0.2) is 0 Å². The Morgan fingerprint density at radius 1 is 1.37 bits per heavy atom. The van der Waals surface area contributed by atoms with Gasteiger partial charge < -0.3 is 20.6 Å². The van der Waals surface area contributed by atoms with Crippen molar-refractivity contribution in [2.45, 2.75) is 19.4 Å². The van der Waals surface area contributed by atoms with Crippen molar-refractivity contribution < 1.29 is 9.90 Å². The molecule has 0 aliphatic carbocycles. The van der Waals surface area contributed by atoms with Crippen molar-refractivity contribution >= 4 is 11.8 Å². The summed E-state index contributed by atoms with van der Waals surface area (Å²) < 4.78 is 0. The van der Waals surface area contributed by atoms with Crippen LogP contribution in [0.3, 0.4) is 0 Å². The minimum absolute atomic E-state index is 0.0538. The number of urea groups is 1. The number of hydrogen-bond acceptors (Lipinski definition) is 4. The van der Waals surface area contributed by atoms with Gasteiger partial charge in [0.2, 0.25) is 0 Å². The smallest absolute Gasteiger partial charge is 0.315 e. The molecule has 0 atom stereocenters. The number of amides is 2. The van der Waals surface area contributed by atoms with E-state index < -0.39 is 0 Å². The fourth-order valence-corrected chi connectivity index (χ4v) is 2.10. The highest BCUT2D eigenvalue weighted by molar-refractivity contribution is 5.73. The van der Waals surface area contributed by atoms with Gasteiger partial charge in [-0.15, -0.1) is 0 Å². The first-order chi connectivity index (χ1) is 9.29. The van der Waals surface area contributed by atoms with Gasteiger partial charge in [-0.25, -0.2) is 9.78 Å². The second kappa shape index (κ2) is 6.94. The zero-order chi connectivity index (χ0) is 13.5. The van der Waals surface area contributed by atoms with Crippen LogP contribution in [0.4, 0.5) is 10.6 Å². The van der Waals surface area contributed by atoms with Crippen molar-refractivity contribution in [3.05, 3.63) is 23.9 Å². The van der Waals surface area contributed by atoms with Gasteiger partial charge in [0.05, 0.1) is 6.61 Å². The van der Waals surface area contributed by atoms with E-state index in [9.17, 15) is 4.79 Å². The number of rotatable bonds is 5. The van der Waals surface area contributed by atoms with Gasteiger partial charge in [0.1, 0.15) is 5.82 Å². The molecule has 104 valence electrons. The molecule has 6 nitrogen and oxygen atoms in total. The summed E-state index contributed by atoms with van der Waals surface area (Å²) in [5.41, 5.74) is 1.02. The van der Waals surface area contributed by atoms with Crippen molar-refractivity contribution in [1.82, 2.24) is 15.6 Å². The molecule has 1 aliphatic rings. The molecule has 0 radical (unpaired) electrons. The maximum absolute atomic E-state index is 11.4. The third-order valence-electron chi connectivity index (χ3n) is 3.09. The topological polar surface area (TPSA) is 77.5 Å². The molecule has 0 spiro atoms. The van der Waals surface area contributed by atoms with Crippen LogP contribution < -0.4 is 15.5 Å². The lowest BCUT2D eigenvalue weighted by atomic mass is 10.2. The van der Waals surface area contributed by atoms with Crippen molar-refractivity contribution in [1.29, 1.82) is 0 Å². The molecule has 0 saturated carbocycles. The van der Waals surface area contributed by atoms with Crippen molar-refractivity contribution in [3.8, 4) is 0 Å². The summed E-state index contributed by atoms with van der Waals surface area (Å²) in [5.74, 6) is 0.979. The molecular weight excluding hydrogens is 244 g/mol. The Labute approximate surface area is 112 Å². The fraction of sp³-hybridized carbons (Fsp3) is 0.538. The maximum Gasteiger partial charge on any atom is 0.315 e. The number of aromatic nitrogens is 1. The van der Waals surface area contributed by atoms with Crippen LogP contribution in [-0.4, -0.2) is 42.4 Å². The van der Waals surface area contributed by atoms with Crippen LogP contribution >= 0.6 is 0 Å². The summed E-state index contributed by atoms with van der Waals surface area (Å²) in [6, 6.07) is 3.64. The van der Waals surface area contributed by atoms with Gasteiger partial charge in [0.25, 0.3) is 0 Å². The molecule has 1 aromatic rings. The Bertz CT molecular complexity index is 419. The average Bonchev–Trinajstić information content (AvgIpc) is 2.97. The van der Waals surface area contributed by atoms with E-state index in [4.69, 9.17) is 5.11 Å². The number of carbonyl (C=O) groups excluding carboxylic acids is 1. The molecule has 0 bridgehead atoms. The van der Waals surface area contributed by atoms with Crippen LogP contribution in [0.25, 0.3) is 0 Å². The predicted octanol–water partition coefficient (Wildman–Crippen LogP) is 0.473. The number of nitrogens with one attached hydrogen (secondary N) is 2. The van der Waals surface area contributed by atoms with E-state index in [0.717, 1.165) is 24.5 Å². The van der Waals surface area contributed by atoms with E-state index >= 15 is 0 Å². The second-order valence-corrected chi connectivity index (χ2v) is 4.55. The SMILES string of the molecule is O=C(NCCO)NCc1ccnc(N2CCCC2)c1. The van der Waals surface area contributed by atoms with Gasteiger partial charge in [-0.3, -0.25) is 0 Å². The van der Waals surface area contributed by atoms with Crippen molar-refractivity contribution in [2.75, 3.05) is 31.1 Å². The molecule has 0 unspecified atom stereocenters. The Balaban J connectivity index is 1.86. The highest BCUT2D eigenvalue weighted by atomic mass is 16.3. The Morgan fingerprint density at radius 3 is 2.89 bits per heavy atom. The molecule has 19 heavy (non-hydrogen) atoms.